The Bertz CT molecular complexity index is 882. The summed E-state index contributed by atoms with van der Waals surface area (Å²) < 4.78 is 8.09. The molecule has 2 aromatic carbocycles. The predicted molar refractivity (Wildman–Crippen MR) is 89.7 cm³/mol. The zero-order chi connectivity index (χ0) is 16.4. The van der Waals surface area contributed by atoms with Crippen LogP contribution in [0.1, 0.15) is 11.4 Å². The van der Waals surface area contributed by atoms with Crippen molar-refractivity contribution in [1.29, 1.82) is 0 Å². The maximum Gasteiger partial charge on any atom is 0.350 e. The molecule has 0 aliphatic carbocycles. The fraction of sp³-hybridized carbons (Fsp3) is 0.176. The SMILES string of the molecule is COc1ccc(Cn2nc(C)n(-c3ccccc3Cl)c2=O)cc1. The van der Waals surface area contributed by atoms with Crippen molar-refractivity contribution in [3.8, 4) is 11.4 Å². The summed E-state index contributed by atoms with van der Waals surface area (Å²) in [6.45, 7) is 2.18. The van der Waals surface area contributed by atoms with E-state index in [2.05, 4.69) is 5.10 Å². The number of aromatic nitrogens is 3. The van der Waals surface area contributed by atoms with Gasteiger partial charge in [0.2, 0.25) is 0 Å². The van der Waals surface area contributed by atoms with E-state index in [1.54, 1.807) is 26.2 Å². The number of benzene rings is 2. The lowest BCUT2D eigenvalue weighted by atomic mass is 10.2. The molecule has 0 aliphatic rings. The van der Waals surface area contributed by atoms with Gasteiger partial charge in [0, 0.05) is 0 Å². The number of para-hydroxylation sites is 1. The van der Waals surface area contributed by atoms with Gasteiger partial charge in [0.15, 0.2) is 0 Å². The van der Waals surface area contributed by atoms with Crippen LogP contribution in [0.3, 0.4) is 0 Å². The average molecular weight is 330 g/mol. The zero-order valence-electron chi connectivity index (χ0n) is 12.9. The average Bonchev–Trinajstić information content (AvgIpc) is 2.83. The first-order valence-corrected chi connectivity index (χ1v) is 7.52. The van der Waals surface area contributed by atoms with Crippen molar-refractivity contribution >= 4 is 11.6 Å². The van der Waals surface area contributed by atoms with Crippen LogP contribution in [0.5, 0.6) is 5.75 Å². The van der Waals surface area contributed by atoms with Gasteiger partial charge < -0.3 is 4.74 Å². The molecule has 6 heteroatoms. The lowest BCUT2D eigenvalue weighted by Crippen LogP contribution is -2.24. The van der Waals surface area contributed by atoms with Crippen LogP contribution in [0.4, 0.5) is 0 Å². The Balaban J connectivity index is 1.98. The minimum Gasteiger partial charge on any atom is -0.497 e. The summed E-state index contributed by atoms with van der Waals surface area (Å²) in [7, 11) is 1.62. The van der Waals surface area contributed by atoms with E-state index in [9.17, 15) is 4.79 Å². The topological polar surface area (TPSA) is 49.0 Å². The Morgan fingerprint density at radius 1 is 1.13 bits per heavy atom. The third-order valence-corrected chi connectivity index (χ3v) is 3.91. The predicted octanol–water partition coefficient (Wildman–Crippen LogP) is 3.05. The Kier molecular flexibility index (Phi) is 4.21. The van der Waals surface area contributed by atoms with Crippen molar-refractivity contribution < 1.29 is 4.74 Å². The molecular formula is C17H16ClN3O2. The fourth-order valence-electron chi connectivity index (χ4n) is 2.43. The molecule has 0 spiro atoms. The smallest absolute Gasteiger partial charge is 0.350 e. The molecule has 0 amide bonds. The molecule has 118 valence electrons. The maximum absolute atomic E-state index is 12.6. The van der Waals surface area contributed by atoms with Crippen LogP contribution in [0.25, 0.3) is 5.69 Å². The second-order valence-electron chi connectivity index (χ2n) is 5.12. The minimum absolute atomic E-state index is 0.216. The van der Waals surface area contributed by atoms with Crippen molar-refractivity contribution in [1.82, 2.24) is 14.3 Å². The highest BCUT2D eigenvalue weighted by molar-refractivity contribution is 6.32. The van der Waals surface area contributed by atoms with E-state index in [1.165, 1.54) is 9.25 Å². The second kappa shape index (κ2) is 6.30. The summed E-state index contributed by atoms with van der Waals surface area (Å²) in [5, 5.41) is 4.86. The van der Waals surface area contributed by atoms with E-state index in [4.69, 9.17) is 16.3 Å². The molecule has 1 aromatic heterocycles. The van der Waals surface area contributed by atoms with Crippen LogP contribution < -0.4 is 10.4 Å². The number of nitrogens with zero attached hydrogens (tertiary/aromatic N) is 3. The van der Waals surface area contributed by atoms with E-state index in [0.29, 0.717) is 23.1 Å². The largest absolute Gasteiger partial charge is 0.497 e. The van der Waals surface area contributed by atoms with Crippen molar-refractivity contribution in [2.24, 2.45) is 0 Å². The summed E-state index contributed by atoms with van der Waals surface area (Å²) >= 11 is 6.19. The summed E-state index contributed by atoms with van der Waals surface area (Å²) in [5.74, 6) is 1.37. The number of hydrogen-bond acceptors (Lipinski definition) is 3. The zero-order valence-corrected chi connectivity index (χ0v) is 13.6. The first-order valence-electron chi connectivity index (χ1n) is 7.14. The molecule has 0 aliphatic heterocycles. The molecule has 0 saturated heterocycles. The minimum atomic E-state index is -0.216. The van der Waals surface area contributed by atoms with Gasteiger partial charge in [-0.25, -0.2) is 14.0 Å². The molecule has 0 bridgehead atoms. The van der Waals surface area contributed by atoms with Gasteiger partial charge in [-0.15, -0.1) is 0 Å². The molecule has 0 atom stereocenters. The van der Waals surface area contributed by atoms with Gasteiger partial charge in [0.05, 0.1) is 24.4 Å². The van der Waals surface area contributed by atoms with Crippen LogP contribution in [0.15, 0.2) is 53.3 Å². The van der Waals surface area contributed by atoms with Crippen LogP contribution in [0, 0.1) is 6.92 Å². The molecular weight excluding hydrogens is 314 g/mol. The Labute approximate surface area is 138 Å². The van der Waals surface area contributed by atoms with Crippen LogP contribution >= 0.6 is 11.6 Å². The summed E-state index contributed by atoms with van der Waals surface area (Å²) in [6, 6.07) is 14.8. The quantitative estimate of drug-likeness (QED) is 0.739. The van der Waals surface area contributed by atoms with Gasteiger partial charge in [-0.1, -0.05) is 35.9 Å². The van der Waals surface area contributed by atoms with Crippen molar-refractivity contribution in [2.45, 2.75) is 13.5 Å². The number of methoxy groups -OCH3 is 1. The van der Waals surface area contributed by atoms with Crippen LogP contribution in [-0.2, 0) is 6.54 Å². The number of rotatable bonds is 4. The molecule has 1 heterocycles. The van der Waals surface area contributed by atoms with E-state index >= 15 is 0 Å². The molecule has 3 rings (SSSR count). The summed E-state index contributed by atoms with van der Waals surface area (Å²) in [6.07, 6.45) is 0. The van der Waals surface area contributed by atoms with Crippen molar-refractivity contribution in [2.75, 3.05) is 7.11 Å². The van der Waals surface area contributed by atoms with Gasteiger partial charge in [0.1, 0.15) is 11.6 Å². The maximum atomic E-state index is 12.6. The van der Waals surface area contributed by atoms with Gasteiger partial charge in [-0.2, -0.15) is 5.10 Å². The number of aryl methyl sites for hydroxylation is 1. The summed E-state index contributed by atoms with van der Waals surface area (Å²) in [5.41, 5.74) is 1.39. The lowest BCUT2D eigenvalue weighted by molar-refractivity contribution is 0.414. The van der Waals surface area contributed by atoms with Crippen LogP contribution in [-0.4, -0.2) is 21.5 Å². The first kappa shape index (κ1) is 15.4. The monoisotopic (exact) mass is 329 g/mol. The number of hydrogen-bond donors (Lipinski definition) is 0. The molecule has 0 radical (unpaired) electrons. The van der Waals surface area contributed by atoms with Crippen molar-refractivity contribution in [3.63, 3.8) is 0 Å². The van der Waals surface area contributed by atoms with Gasteiger partial charge in [0.25, 0.3) is 0 Å². The molecule has 0 unspecified atom stereocenters. The number of ether oxygens (including phenoxy) is 1. The highest BCUT2D eigenvalue weighted by atomic mass is 35.5. The summed E-state index contributed by atoms with van der Waals surface area (Å²) in [4.78, 5) is 12.6. The Morgan fingerprint density at radius 3 is 2.48 bits per heavy atom. The Morgan fingerprint density at radius 2 is 1.83 bits per heavy atom. The first-order chi connectivity index (χ1) is 11.1. The lowest BCUT2D eigenvalue weighted by Gasteiger charge is -2.05. The van der Waals surface area contributed by atoms with E-state index < -0.39 is 0 Å². The molecule has 23 heavy (non-hydrogen) atoms. The standard InChI is InChI=1S/C17H16ClN3O2/c1-12-19-20(11-13-7-9-14(23-2)10-8-13)17(22)21(12)16-6-4-3-5-15(16)18/h3-10H,11H2,1-2H3. The fourth-order valence-corrected chi connectivity index (χ4v) is 2.65. The highest BCUT2D eigenvalue weighted by Crippen LogP contribution is 2.19. The number of halogens is 1. The van der Waals surface area contributed by atoms with Crippen LogP contribution in [0.2, 0.25) is 5.02 Å². The molecule has 0 fully saturated rings. The highest BCUT2D eigenvalue weighted by Gasteiger charge is 2.14. The van der Waals surface area contributed by atoms with Crippen molar-refractivity contribution in [3.05, 3.63) is 75.4 Å². The molecule has 0 N–H and O–H groups in total. The molecule has 5 nitrogen and oxygen atoms in total. The molecule has 0 saturated carbocycles. The third-order valence-electron chi connectivity index (χ3n) is 3.59. The normalized spacial score (nSPS) is 10.7. The Hall–Kier alpha value is -2.53. The van der Waals surface area contributed by atoms with Gasteiger partial charge in [-0.3, -0.25) is 0 Å². The second-order valence-corrected chi connectivity index (χ2v) is 5.53. The van der Waals surface area contributed by atoms with E-state index in [1.807, 2.05) is 36.4 Å². The van der Waals surface area contributed by atoms with E-state index in [0.717, 1.165) is 11.3 Å². The van der Waals surface area contributed by atoms with Gasteiger partial charge >= 0.3 is 5.69 Å². The molecule has 3 aromatic rings. The van der Waals surface area contributed by atoms with Gasteiger partial charge in [-0.05, 0) is 36.8 Å². The third kappa shape index (κ3) is 3.00. The van der Waals surface area contributed by atoms with E-state index in [-0.39, 0.29) is 5.69 Å².